The summed E-state index contributed by atoms with van der Waals surface area (Å²) in [5.74, 6) is 0. The van der Waals surface area contributed by atoms with E-state index in [0.717, 1.165) is 30.4 Å². The largest absolute Gasteiger partial charge is 0.332 e. The lowest BCUT2D eigenvalue weighted by Crippen LogP contribution is -1.98. The van der Waals surface area contributed by atoms with Gasteiger partial charge in [-0.15, -0.1) is 0 Å². The molecular formula is C13H21O3P. The predicted molar refractivity (Wildman–Crippen MR) is 70.2 cm³/mol. The van der Waals surface area contributed by atoms with E-state index in [0.29, 0.717) is 0 Å². The third kappa shape index (κ3) is 5.03. The highest BCUT2D eigenvalue weighted by Gasteiger charge is 2.20. The number of unbranched alkanes of at least 4 members (excludes halogenated alkanes) is 1. The molecule has 0 saturated carbocycles. The summed E-state index contributed by atoms with van der Waals surface area (Å²) in [7, 11) is -3.47. The lowest BCUT2D eigenvalue weighted by molar-refractivity contribution is 0.272. The van der Waals surface area contributed by atoms with E-state index in [4.69, 9.17) is 4.52 Å². The summed E-state index contributed by atoms with van der Waals surface area (Å²) in [5.41, 5.74) is 2.09. The van der Waals surface area contributed by atoms with Crippen LogP contribution in [-0.2, 0) is 21.7 Å². The van der Waals surface area contributed by atoms with Crippen LogP contribution in [0.5, 0.6) is 0 Å². The van der Waals surface area contributed by atoms with Gasteiger partial charge in [0, 0.05) is 0 Å². The van der Waals surface area contributed by atoms with Gasteiger partial charge in [0.05, 0.1) is 12.8 Å². The molecule has 17 heavy (non-hydrogen) atoms. The molecule has 1 atom stereocenters. The molecule has 0 amide bonds. The van der Waals surface area contributed by atoms with E-state index >= 15 is 0 Å². The predicted octanol–water partition coefficient (Wildman–Crippen LogP) is 3.75. The van der Waals surface area contributed by atoms with Crippen molar-refractivity contribution in [2.24, 2.45) is 0 Å². The minimum absolute atomic E-state index is 0.112. The molecular weight excluding hydrogens is 235 g/mol. The second-order valence-corrected chi connectivity index (χ2v) is 5.93. The molecule has 1 rings (SSSR count). The van der Waals surface area contributed by atoms with Crippen LogP contribution in [0.3, 0.4) is 0 Å². The monoisotopic (exact) mass is 256 g/mol. The molecule has 0 aliphatic heterocycles. The van der Waals surface area contributed by atoms with Gasteiger partial charge in [0.1, 0.15) is 0 Å². The molecule has 0 aliphatic rings. The van der Waals surface area contributed by atoms with Crippen molar-refractivity contribution in [3.05, 3.63) is 35.4 Å². The van der Waals surface area contributed by atoms with E-state index < -0.39 is 7.60 Å². The van der Waals surface area contributed by atoms with Crippen LogP contribution in [0, 0.1) is 0 Å². The summed E-state index contributed by atoms with van der Waals surface area (Å²) in [6.45, 7) is 4.14. The molecule has 1 aromatic rings. The lowest BCUT2D eigenvalue weighted by atomic mass is 10.0. The quantitative estimate of drug-likeness (QED) is 0.756. The van der Waals surface area contributed by atoms with Gasteiger partial charge in [-0.2, -0.15) is 0 Å². The van der Waals surface area contributed by atoms with Gasteiger partial charge in [-0.05, 0) is 30.9 Å². The molecule has 4 heteroatoms. The Bertz CT molecular complexity index is 390. The summed E-state index contributed by atoms with van der Waals surface area (Å²) in [4.78, 5) is 9.65. The van der Waals surface area contributed by atoms with Gasteiger partial charge in [0.25, 0.3) is 0 Å². The molecule has 1 aromatic carbocycles. The van der Waals surface area contributed by atoms with Gasteiger partial charge >= 0.3 is 7.60 Å². The minimum Gasteiger partial charge on any atom is -0.324 e. The fourth-order valence-electron chi connectivity index (χ4n) is 1.79. The van der Waals surface area contributed by atoms with E-state index in [-0.39, 0.29) is 12.8 Å². The highest BCUT2D eigenvalue weighted by molar-refractivity contribution is 7.51. The maximum atomic E-state index is 11.7. The van der Waals surface area contributed by atoms with Crippen LogP contribution >= 0.6 is 7.60 Å². The molecule has 0 spiro atoms. The summed E-state index contributed by atoms with van der Waals surface area (Å²) >= 11 is 0. The van der Waals surface area contributed by atoms with E-state index in [2.05, 4.69) is 6.92 Å². The highest BCUT2D eigenvalue weighted by Crippen LogP contribution is 2.46. The number of rotatable bonds is 7. The van der Waals surface area contributed by atoms with E-state index in [1.807, 2.05) is 24.3 Å². The molecule has 0 heterocycles. The van der Waals surface area contributed by atoms with Gasteiger partial charge in [-0.1, -0.05) is 37.6 Å². The summed E-state index contributed by atoms with van der Waals surface area (Å²) in [6, 6.07) is 7.80. The van der Waals surface area contributed by atoms with Crippen molar-refractivity contribution >= 4 is 7.60 Å². The second-order valence-electron chi connectivity index (χ2n) is 4.09. The van der Waals surface area contributed by atoms with Crippen molar-refractivity contribution < 1.29 is 14.0 Å². The van der Waals surface area contributed by atoms with Crippen LogP contribution in [0.25, 0.3) is 0 Å². The van der Waals surface area contributed by atoms with Crippen molar-refractivity contribution in [1.29, 1.82) is 0 Å². The van der Waals surface area contributed by atoms with Crippen molar-refractivity contribution in [1.82, 2.24) is 0 Å². The van der Waals surface area contributed by atoms with Crippen LogP contribution in [0.1, 0.15) is 37.8 Å². The Balaban J connectivity index is 2.79. The first-order chi connectivity index (χ1) is 8.09. The summed E-state index contributed by atoms with van der Waals surface area (Å²) in [6.07, 6.45) is 3.29. The average Bonchev–Trinajstić information content (AvgIpc) is 2.27. The Hall–Kier alpha value is -0.630. The van der Waals surface area contributed by atoms with Crippen molar-refractivity contribution in [3.63, 3.8) is 0 Å². The molecule has 0 aliphatic carbocycles. The zero-order chi connectivity index (χ0) is 12.7. The maximum Gasteiger partial charge on any atom is 0.332 e. The SMILES string of the molecule is CCCCc1ccccc1CP(=O)(O)OCC. The van der Waals surface area contributed by atoms with Gasteiger partial charge in [-0.3, -0.25) is 4.57 Å². The number of aryl methyl sites for hydroxylation is 1. The van der Waals surface area contributed by atoms with Crippen LogP contribution < -0.4 is 0 Å². The highest BCUT2D eigenvalue weighted by atomic mass is 31.2. The van der Waals surface area contributed by atoms with Crippen LogP contribution in [0.4, 0.5) is 0 Å². The zero-order valence-electron chi connectivity index (χ0n) is 10.6. The molecule has 0 radical (unpaired) electrons. The Morgan fingerprint density at radius 2 is 1.88 bits per heavy atom. The normalized spacial score (nSPS) is 14.5. The fraction of sp³-hybridized carbons (Fsp3) is 0.538. The zero-order valence-corrected chi connectivity index (χ0v) is 11.5. The first-order valence-corrected chi connectivity index (χ1v) is 7.88. The summed E-state index contributed by atoms with van der Waals surface area (Å²) < 4.78 is 16.6. The number of hydrogen-bond donors (Lipinski definition) is 1. The van der Waals surface area contributed by atoms with Crippen molar-refractivity contribution in [2.45, 2.75) is 39.3 Å². The van der Waals surface area contributed by atoms with E-state index in [1.54, 1.807) is 6.92 Å². The van der Waals surface area contributed by atoms with Crippen molar-refractivity contribution in [3.8, 4) is 0 Å². The van der Waals surface area contributed by atoms with Crippen LogP contribution in [0.15, 0.2) is 24.3 Å². The molecule has 1 N–H and O–H groups in total. The topological polar surface area (TPSA) is 46.5 Å². The minimum atomic E-state index is -3.47. The molecule has 96 valence electrons. The first-order valence-electron chi connectivity index (χ1n) is 6.12. The van der Waals surface area contributed by atoms with Gasteiger partial charge in [-0.25, -0.2) is 0 Å². The third-order valence-corrected chi connectivity index (χ3v) is 4.02. The Labute approximate surface area is 103 Å². The lowest BCUT2D eigenvalue weighted by Gasteiger charge is -2.13. The molecule has 3 nitrogen and oxygen atoms in total. The van der Waals surface area contributed by atoms with Crippen LogP contribution in [0.2, 0.25) is 0 Å². The standard InChI is InChI=1S/C13H21O3P/c1-3-5-8-12-9-6-7-10-13(12)11-17(14,15)16-4-2/h6-7,9-10H,3-5,8,11H2,1-2H3,(H,14,15). The van der Waals surface area contributed by atoms with Gasteiger partial charge < -0.3 is 9.42 Å². The molecule has 0 fully saturated rings. The number of hydrogen-bond acceptors (Lipinski definition) is 2. The smallest absolute Gasteiger partial charge is 0.324 e. The fourth-order valence-corrected chi connectivity index (χ4v) is 3.02. The van der Waals surface area contributed by atoms with Gasteiger partial charge in [0.2, 0.25) is 0 Å². The molecule has 0 bridgehead atoms. The van der Waals surface area contributed by atoms with E-state index in [1.165, 1.54) is 0 Å². The average molecular weight is 256 g/mol. The molecule has 0 aromatic heterocycles. The number of benzene rings is 1. The van der Waals surface area contributed by atoms with Crippen molar-refractivity contribution in [2.75, 3.05) is 6.61 Å². The maximum absolute atomic E-state index is 11.7. The first kappa shape index (κ1) is 14.4. The molecule has 0 saturated heterocycles. The molecule has 1 unspecified atom stereocenters. The third-order valence-electron chi connectivity index (χ3n) is 2.62. The Kier molecular flexibility index (Phi) is 5.90. The van der Waals surface area contributed by atoms with E-state index in [9.17, 15) is 9.46 Å². The second kappa shape index (κ2) is 6.95. The van der Waals surface area contributed by atoms with Crippen LogP contribution in [-0.4, -0.2) is 11.5 Å². The Morgan fingerprint density at radius 1 is 1.24 bits per heavy atom. The Morgan fingerprint density at radius 3 is 2.47 bits per heavy atom. The summed E-state index contributed by atoms with van der Waals surface area (Å²) in [5, 5.41) is 0. The van der Waals surface area contributed by atoms with Gasteiger partial charge in [0.15, 0.2) is 0 Å².